The zero-order valence-electron chi connectivity index (χ0n) is 20.1. The van der Waals surface area contributed by atoms with Crippen LogP contribution in [0.25, 0.3) is 22.5 Å². The van der Waals surface area contributed by atoms with E-state index >= 15 is 0 Å². The molecule has 0 aliphatic rings. The van der Waals surface area contributed by atoms with Gasteiger partial charge in [0.25, 0.3) is 4.90 Å². The molecule has 0 radical (unpaired) electrons. The van der Waals surface area contributed by atoms with E-state index in [9.17, 15) is 8.60 Å². The third-order valence-corrected chi connectivity index (χ3v) is 6.51. The Bertz CT molecular complexity index is 1440. The number of nitrogens with two attached hydrogens (primary N) is 2. The van der Waals surface area contributed by atoms with Gasteiger partial charge in [-0.15, -0.1) is 0 Å². The number of halogens is 2. The van der Waals surface area contributed by atoms with Gasteiger partial charge in [-0.25, -0.2) is 15.2 Å². The van der Waals surface area contributed by atoms with E-state index in [1.807, 2.05) is 55.5 Å². The first kappa shape index (κ1) is 25.5. The number of aryl methyl sites for hydroxylation is 1. The highest BCUT2D eigenvalue weighted by Gasteiger charge is 2.25. The molecule has 4 rings (SSSR count). The van der Waals surface area contributed by atoms with Crippen LogP contribution in [-0.4, -0.2) is 9.55 Å². The van der Waals surface area contributed by atoms with E-state index in [-0.39, 0.29) is 0 Å². The molecule has 0 amide bonds. The van der Waals surface area contributed by atoms with Crippen LogP contribution in [0.3, 0.4) is 0 Å². The van der Waals surface area contributed by atoms with E-state index in [1.165, 1.54) is 25.1 Å². The number of alkyl halides is 1. The van der Waals surface area contributed by atoms with Crippen LogP contribution in [0, 0.1) is 6.92 Å². The van der Waals surface area contributed by atoms with Crippen molar-refractivity contribution >= 4 is 34.7 Å². The molecule has 1 heterocycles. The molecule has 0 aliphatic heterocycles. The summed E-state index contributed by atoms with van der Waals surface area (Å²) in [6.07, 6.45) is 3.09. The smallest absolute Gasteiger partial charge is 0.403 e. The van der Waals surface area contributed by atoms with Gasteiger partial charge in [0, 0.05) is 39.3 Å². The second-order valence-corrected chi connectivity index (χ2v) is 9.83. The molecule has 0 fully saturated rings. The molecular formula is C27H26ClFN5OS+. The number of aromatic nitrogens is 2. The summed E-state index contributed by atoms with van der Waals surface area (Å²) in [6, 6.07) is 20.2. The lowest BCUT2D eigenvalue weighted by Crippen LogP contribution is -2.31. The molecule has 1 aromatic heterocycles. The number of hydrazine groups is 1. The maximum Gasteiger partial charge on any atom is 0.505 e. The molecule has 0 spiro atoms. The van der Waals surface area contributed by atoms with Crippen molar-refractivity contribution in [1.82, 2.24) is 9.55 Å². The molecule has 4 aromatic rings. The number of nitrogens with zero attached hydrogens (tertiary/aromatic N) is 3. The predicted molar refractivity (Wildman–Crippen MR) is 144 cm³/mol. The van der Waals surface area contributed by atoms with E-state index in [0.717, 1.165) is 16.7 Å². The molecule has 3 aromatic carbocycles. The van der Waals surface area contributed by atoms with Crippen molar-refractivity contribution in [2.75, 3.05) is 5.01 Å². The Labute approximate surface area is 218 Å². The molecule has 0 saturated heterocycles. The quantitative estimate of drug-likeness (QED) is 0.173. The molecule has 0 atom stereocenters. The molecule has 36 heavy (non-hydrogen) atoms. The van der Waals surface area contributed by atoms with Gasteiger partial charge in [-0.2, -0.15) is 0 Å². The van der Waals surface area contributed by atoms with Crippen LogP contribution in [0.15, 0.2) is 84.0 Å². The second kappa shape index (κ2) is 10.2. The highest BCUT2D eigenvalue weighted by molar-refractivity contribution is 7.65. The largest absolute Gasteiger partial charge is 0.505 e. The van der Waals surface area contributed by atoms with Crippen molar-refractivity contribution in [3.63, 3.8) is 0 Å². The average Bonchev–Trinajstić information content (AvgIpc) is 3.27. The molecule has 9 heteroatoms. The van der Waals surface area contributed by atoms with Crippen LogP contribution in [-0.2, 0) is 21.5 Å². The van der Waals surface area contributed by atoms with Gasteiger partial charge in [-0.05, 0) is 56.2 Å². The van der Waals surface area contributed by atoms with E-state index in [0.29, 0.717) is 50.2 Å². The highest BCUT2D eigenvalue weighted by Crippen LogP contribution is 2.35. The summed E-state index contributed by atoms with van der Waals surface area (Å²) in [5, 5.41) is 2.07. The van der Waals surface area contributed by atoms with Crippen LogP contribution >= 0.6 is 11.6 Å². The molecule has 0 saturated carbocycles. The number of hydrogen-bond donors (Lipinski definition) is 2. The van der Waals surface area contributed by atoms with Crippen LogP contribution in [0.2, 0.25) is 5.02 Å². The standard InChI is InChI=1S/C27H26ClFN5OS/c1-17-32-26(27(2,3)29)16-33(17)23-12-9-20(19-5-4-6-22(13-19)36-35)14-24(23)34(31)25(15-30)18-7-10-21(28)11-8-18/h4-16H,30-31H2,1-3H3/q+1/b25-15-. The number of anilines is 1. The third kappa shape index (κ3) is 5.16. The number of hydrogen-bond acceptors (Lipinski definition) is 5. The van der Waals surface area contributed by atoms with Crippen LogP contribution < -0.4 is 16.6 Å². The van der Waals surface area contributed by atoms with E-state index in [2.05, 4.69) is 4.98 Å². The first-order valence-corrected chi connectivity index (χ1v) is 12.3. The fraction of sp³-hybridized carbons (Fsp3) is 0.148. The number of rotatable bonds is 7. The Balaban J connectivity index is 1.91. The molecule has 0 unspecified atom stereocenters. The molecule has 4 N–H and O–H groups in total. The number of benzene rings is 3. The van der Waals surface area contributed by atoms with Crippen LogP contribution in [0.1, 0.15) is 30.9 Å². The van der Waals surface area contributed by atoms with Gasteiger partial charge >= 0.3 is 11.7 Å². The normalized spacial score (nSPS) is 12.0. The van der Waals surface area contributed by atoms with E-state index in [1.54, 1.807) is 29.0 Å². The topological polar surface area (TPSA) is 90.2 Å². The molecule has 0 aliphatic carbocycles. The minimum atomic E-state index is -1.61. The Morgan fingerprint density at radius 1 is 1.11 bits per heavy atom. The van der Waals surface area contributed by atoms with Crippen LogP contribution in [0.4, 0.5) is 10.1 Å². The maximum absolute atomic E-state index is 14.7. The summed E-state index contributed by atoms with van der Waals surface area (Å²) in [4.78, 5) is 5.04. The van der Waals surface area contributed by atoms with Crippen LogP contribution in [0.5, 0.6) is 0 Å². The monoisotopic (exact) mass is 522 g/mol. The second-order valence-electron chi connectivity index (χ2n) is 8.76. The van der Waals surface area contributed by atoms with Gasteiger partial charge in [-0.1, -0.05) is 41.9 Å². The summed E-state index contributed by atoms with van der Waals surface area (Å²) in [7, 11) is 0. The van der Waals surface area contributed by atoms with Gasteiger partial charge in [0.15, 0.2) is 0 Å². The third-order valence-electron chi connectivity index (χ3n) is 5.81. The lowest BCUT2D eigenvalue weighted by molar-refractivity contribution is 0.215. The van der Waals surface area contributed by atoms with Gasteiger partial charge in [0.2, 0.25) is 0 Å². The SMILES string of the molecule is Cc1nc(C(C)(C)F)cn1-c1ccc(-c2cccc([S+]=O)c2)cc1N(N)/C(=C\N)c1ccc(Cl)cc1. The Kier molecular flexibility index (Phi) is 7.21. The minimum absolute atomic E-state index is 0.311. The van der Waals surface area contributed by atoms with Gasteiger partial charge in [-0.3, -0.25) is 5.01 Å². The van der Waals surface area contributed by atoms with Crippen molar-refractivity contribution in [3.8, 4) is 16.8 Å². The number of imidazole rings is 1. The first-order valence-electron chi connectivity index (χ1n) is 11.1. The van der Waals surface area contributed by atoms with Crippen molar-refractivity contribution in [2.24, 2.45) is 11.6 Å². The maximum atomic E-state index is 14.7. The Morgan fingerprint density at radius 2 is 1.81 bits per heavy atom. The molecule has 184 valence electrons. The van der Waals surface area contributed by atoms with Gasteiger partial charge in [0.1, 0.15) is 11.5 Å². The van der Waals surface area contributed by atoms with E-state index in [4.69, 9.17) is 23.2 Å². The molecular weight excluding hydrogens is 497 g/mol. The minimum Gasteiger partial charge on any atom is -0.403 e. The summed E-state index contributed by atoms with van der Waals surface area (Å²) in [6.45, 7) is 4.74. The first-order chi connectivity index (χ1) is 17.1. The predicted octanol–water partition coefficient (Wildman–Crippen LogP) is 6.13. The Morgan fingerprint density at radius 3 is 2.42 bits per heavy atom. The summed E-state index contributed by atoms with van der Waals surface area (Å²) in [5.74, 6) is 7.30. The summed E-state index contributed by atoms with van der Waals surface area (Å²) >= 11 is 6.50. The Hall–Kier alpha value is -3.59. The average molecular weight is 523 g/mol. The van der Waals surface area contributed by atoms with E-state index < -0.39 is 5.67 Å². The van der Waals surface area contributed by atoms with Gasteiger partial charge < -0.3 is 10.3 Å². The molecule has 0 bridgehead atoms. The fourth-order valence-corrected chi connectivity index (χ4v) is 4.33. The summed E-state index contributed by atoms with van der Waals surface area (Å²) in [5.41, 5.74) is 9.01. The zero-order chi connectivity index (χ0) is 26.0. The lowest BCUT2D eigenvalue weighted by Gasteiger charge is -2.26. The van der Waals surface area contributed by atoms with Crippen molar-refractivity contribution in [1.29, 1.82) is 0 Å². The zero-order valence-corrected chi connectivity index (χ0v) is 21.6. The van der Waals surface area contributed by atoms with Crippen molar-refractivity contribution < 1.29 is 8.60 Å². The summed E-state index contributed by atoms with van der Waals surface area (Å²) < 4.78 is 27.9. The lowest BCUT2D eigenvalue weighted by atomic mass is 10.0. The highest BCUT2D eigenvalue weighted by atomic mass is 35.5. The van der Waals surface area contributed by atoms with Gasteiger partial charge in [0.05, 0.1) is 22.8 Å². The molecule has 6 nitrogen and oxygen atoms in total. The fourth-order valence-electron chi connectivity index (χ4n) is 3.90. The van der Waals surface area contributed by atoms with Crippen molar-refractivity contribution in [3.05, 3.63) is 101 Å². The van der Waals surface area contributed by atoms with Crippen molar-refractivity contribution in [2.45, 2.75) is 31.3 Å².